The molecular weight excluding hydrogens is 322 g/mol. The molecule has 0 aliphatic carbocycles. The standard InChI is InChI=1S/C18H13N3O4/c1-25-15-9-11(8-14(17(15)22)21(23)24)18-19-12-6-2-4-10-5-3-7-13(20-18)16(10)12/h2-9,22H,1H3,(H,19,20). The van der Waals surface area contributed by atoms with Crippen molar-refractivity contribution in [3.05, 3.63) is 64.2 Å². The SMILES string of the molecule is COc1cc(C2=Nc3cccc4cccc(c34)N2)cc([N+](=O)[O-])c1O. The van der Waals surface area contributed by atoms with Gasteiger partial charge in [0.15, 0.2) is 5.75 Å². The molecule has 0 unspecified atom stereocenters. The van der Waals surface area contributed by atoms with Gasteiger partial charge in [-0.2, -0.15) is 0 Å². The molecule has 0 bridgehead atoms. The monoisotopic (exact) mass is 335 g/mol. The number of nitro benzene ring substituents is 1. The first-order valence-corrected chi connectivity index (χ1v) is 7.51. The number of nitrogens with one attached hydrogen (secondary N) is 1. The van der Waals surface area contributed by atoms with Gasteiger partial charge < -0.3 is 15.2 Å². The molecule has 0 amide bonds. The maximum absolute atomic E-state index is 11.2. The second kappa shape index (κ2) is 5.48. The van der Waals surface area contributed by atoms with Gasteiger partial charge in [-0.3, -0.25) is 10.1 Å². The van der Waals surface area contributed by atoms with Crippen molar-refractivity contribution in [1.82, 2.24) is 0 Å². The van der Waals surface area contributed by atoms with Crippen LogP contribution in [0.5, 0.6) is 11.5 Å². The summed E-state index contributed by atoms with van der Waals surface area (Å²) in [5, 5.41) is 26.4. The van der Waals surface area contributed by atoms with Crippen LogP contribution in [-0.2, 0) is 0 Å². The number of benzene rings is 3. The van der Waals surface area contributed by atoms with Crippen LogP contribution in [0.1, 0.15) is 5.56 Å². The van der Waals surface area contributed by atoms with Crippen LogP contribution in [0.4, 0.5) is 17.1 Å². The molecular formula is C18H13N3O4. The second-order valence-corrected chi connectivity index (χ2v) is 5.57. The third-order valence-corrected chi connectivity index (χ3v) is 4.11. The third-order valence-electron chi connectivity index (χ3n) is 4.11. The van der Waals surface area contributed by atoms with Crippen LogP contribution in [0.3, 0.4) is 0 Å². The van der Waals surface area contributed by atoms with E-state index in [2.05, 4.69) is 10.3 Å². The van der Waals surface area contributed by atoms with Crippen molar-refractivity contribution >= 4 is 33.7 Å². The summed E-state index contributed by atoms with van der Waals surface area (Å²) >= 11 is 0. The maximum atomic E-state index is 11.2. The lowest BCUT2D eigenvalue weighted by atomic mass is 10.0. The van der Waals surface area contributed by atoms with Crippen molar-refractivity contribution in [2.24, 2.45) is 4.99 Å². The van der Waals surface area contributed by atoms with Crippen LogP contribution in [-0.4, -0.2) is 23.0 Å². The number of aliphatic imine (C=N–C) groups is 1. The summed E-state index contributed by atoms with van der Waals surface area (Å²) in [6.45, 7) is 0. The van der Waals surface area contributed by atoms with E-state index in [9.17, 15) is 15.2 Å². The van der Waals surface area contributed by atoms with E-state index in [1.807, 2.05) is 36.4 Å². The summed E-state index contributed by atoms with van der Waals surface area (Å²) in [5.41, 5.74) is 1.66. The Labute approximate surface area is 142 Å². The molecule has 124 valence electrons. The molecule has 0 spiro atoms. The van der Waals surface area contributed by atoms with E-state index in [1.54, 1.807) is 0 Å². The molecule has 0 fully saturated rings. The molecule has 25 heavy (non-hydrogen) atoms. The van der Waals surface area contributed by atoms with E-state index in [0.29, 0.717) is 11.4 Å². The average molecular weight is 335 g/mol. The van der Waals surface area contributed by atoms with Gasteiger partial charge >= 0.3 is 5.69 Å². The molecule has 1 heterocycles. The molecule has 0 atom stereocenters. The number of anilines is 1. The molecule has 1 aliphatic rings. The molecule has 4 rings (SSSR count). The number of phenols is 1. The quantitative estimate of drug-likeness (QED) is 0.557. The summed E-state index contributed by atoms with van der Waals surface area (Å²) in [6, 6.07) is 14.4. The number of hydrogen-bond acceptors (Lipinski definition) is 6. The molecule has 0 saturated carbocycles. The summed E-state index contributed by atoms with van der Waals surface area (Å²) in [4.78, 5) is 15.1. The highest BCUT2D eigenvalue weighted by Gasteiger charge is 2.23. The zero-order valence-corrected chi connectivity index (χ0v) is 13.2. The number of nitrogens with zero attached hydrogens (tertiary/aromatic N) is 2. The van der Waals surface area contributed by atoms with Crippen molar-refractivity contribution in [2.75, 3.05) is 12.4 Å². The lowest BCUT2D eigenvalue weighted by molar-refractivity contribution is -0.386. The van der Waals surface area contributed by atoms with Crippen molar-refractivity contribution in [2.45, 2.75) is 0 Å². The summed E-state index contributed by atoms with van der Waals surface area (Å²) < 4.78 is 5.06. The zero-order chi connectivity index (χ0) is 17.6. The van der Waals surface area contributed by atoms with Crippen LogP contribution in [0.15, 0.2) is 53.5 Å². The number of nitro groups is 1. The Balaban J connectivity index is 1.92. The Bertz CT molecular complexity index is 1050. The van der Waals surface area contributed by atoms with Gasteiger partial charge in [0, 0.05) is 22.7 Å². The van der Waals surface area contributed by atoms with E-state index in [4.69, 9.17) is 4.74 Å². The van der Waals surface area contributed by atoms with Gasteiger partial charge in [-0.25, -0.2) is 4.99 Å². The fourth-order valence-electron chi connectivity index (χ4n) is 2.96. The van der Waals surface area contributed by atoms with E-state index in [-0.39, 0.29) is 5.75 Å². The minimum absolute atomic E-state index is 0.0192. The Hall–Kier alpha value is -3.61. The van der Waals surface area contributed by atoms with Gasteiger partial charge in [0.05, 0.1) is 17.7 Å². The fourth-order valence-corrected chi connectivity index (χ4v) is 2.96. The van der Waals surface area contributed by atoms with Crippen molar-refractivity contribution in [3.63, 3.8) is 0 Å². The highest BCUT2D eigenvalue weighted by Crippen LogP contribution is 2.40. The lowest BCUT2D eigenvalue weighted by Crippen LogP contribution is -2.16. The minimum atomic E-state index is -0.653. The number of ether oxygens (including phenoxy) is 1. The van der Waals surface area contributed by atoms with Gasteiger partial charge in [0.2, 0.25) is 5.75 Å². The highest BCUT2D eigenvalue weighted by atomic mass is 16.6. The number of aromatic hydroxyl groups is 1. The number of rotatable bonds is 3. The van der Waals surface area contributed by atoms with Gasteiger partial charge in [0.1, 0.15) is 5.84 Å². The van der Waals surface area contributed by atoms with Gasteiger partial charge in [0.25, 0.3) is 0 Å². The predicted molar refractivity (Wildman–Crippen MR) is 95.1 cm³/mol. The molecule has 0 saturated heterocycles. The van der Waals surface area contributed by atoms with Crippen LogP contribution in [0.2, 0.25) is 0 Å². The van der Waals surface area contributed by atoms with Crippen LogP contribution in [0.25, 0.3) is 10.8 Å². The maximum Gasteiger partial charge on any atom is 0.315 e. The van der Waals surface area contributed by atoms with E-state index in [0.717, 1.165) is 22.1 Å². The molecule has 3 aromatic carbocycles. The van der Waals surface area contributed by atoms with Crippen LogP contribution in [0, 0.1) is 10.1 Å². The minimum Gasteiger partial charge on any atom is -0.500 e. The topological polar surface area (TPSA) is 97.0 Å². The number of hydrogen-bond donors (Lipinski definition) is 2. The third kappa shape index (κ3) is 2.33. The largest absolute Gasteiger partial charge is 0.500 e. The van der Waals surface area contributed by atoms with E-state index >= 15 is 0 Å². The fraction of sp³-hybridized carbons (Fsp3) is 0.0556. The van der Waals surface area contributed by atoms with Crippen molar-refractivity contribution < 1.29 is 14.8 Å². The lowest BCUT2D eigenvalue weighted by Gasteiger charge is -2.19. The molecule has 0 aromatic heterocycles. The van der Waals surface area contributed by atoms with Gasteiger partial charge in [-0.05, 0) is 23.6 Å². The summed E-state index contributed by atoms with van der Waals surface area (Å²) in [7, 11) is 1.34. The molecule has 7 nitrogen and oxygen atoms in total. The summed E-state index contributed by atoms with van der Waals surface area (Å²) in [5.74, 6) is -0.0338. The zero-order valence-electron chi connectivity index (χ0n) is 13.2. The van der Waals surface area contributed by atoms with Crippen molar-refractivity contribution in [1.29, 1.82) is 0 Å². The predicted octanol–water partition coefficient (Wildman–Crippen LogP) is 3.97. The molecule has 1 aliphatic heterocycles. The Morgan fingerprint density at radius 1 is 1.20 bits per heavy atom. The van der Waals surface area contributed by atoms with E-state index in [1.165, 1.54) is 19.2 Å². The summed E-state index contributed by atoms with van der Waals surface area (Å²) in [6.07, 6.45) is 0. The molecule has 0 radical (unpaired) electrons. The van der Waals surface area contributed by atoms with Crippen LogP contribution >= 0.6 is 0 Å². The van der Waals surface area contributed by atoms with Crippen LogP contribution < -0.4 is 10.1 Å². The average Bonchev–Trinajstić information content (AvgIpc) is 2.62. The Morgan fingerprint density at radius 3 is 2.68 bits per heavy atom. The normalized spacial score (nSPS) is 12.4. The van der Waals surface area contributed by atoms with Gasteiger partial charge in [-0.1, -0.05) is 24.3 Å². The smallest absolute Gasteiger partial charge is 0.315 e. The Kier molecular flexibility index (Phi) is 3.28. The Morgan fingerprint density at radius 2 is 1.96 bits per heavy atom. The van der Waals surface area contributed by atoms with E-state index < -0.39 is 16.4 Å². The number of methoxy groups -OCH3 is 1. The number of phenolic OH excluding ortho intramolecular Hbond substituents is 1. The van der Waals surface area contributed by atoms with Crippen molar-refractivity contribution in [3.8, 4) is 11.5 Å². The first-order valence-electron chi connectivity index (χ1n) is 7.51. The first kappa shape index (κ1) is 14.9. The molecule has 7 heteroatoms. The second-order valence-electron chi connectivity index (χ2n) is 5.57. The molecule has 3 aromatic rings. The molecule has 2 N–H and O–H groups in total. The number of amidine groups is 1. The van der Waals surface area contributed by atoms with Gasteiger partial charge in [-0.15, -0.1) is 0 Å². The first-order chi connectivity index (χ1) is 12.1. The highest BCUT2D eigenvalue weighted by molar-refractivity contribution is 6.19.